The molecule has 17 nitrogen and oxygen atoms in total. The Labute approximate surface area is 417 Å². The van der Waals surface area contributed by atoms with E-state index in [1.165, 1.54) is 21.1 Å². The second kappa shape index (κ2) is 20.1. The Balaban J connectivity index is 0.949. The molecule has 18 heteroatoms. The van der Waals surface area contributed by atoms with Crippen LogP contribution in [0.15, 0.2) is 91.0 Å². The Kier molecular flexibility index (Phi) is 13.8. The van der Waals surface area contributed by atoms with Crippen molar-refractivity contribution in [2.45, 2.75) is 88.8 Å². The van der Waals surface area contributed by atoms with E-state index in [4.69, 9.17) is 18.9 Å². The molecule has 4 aliphatic heterocycles. The number of nitrogens with one attached hydrogen (secondary N) is 5. The van der Waals surface area contributed by atoms with E-state index in [-0.39, 0.29) is 66.2 Å². The van der Waals surface area contributed by atoms with Crippen molar-refractivity contribution in [1.82, 2.24) is 10.6 Å². The molecule has 0 aliphatic carbocycles. The maximum Gasteiger partial charge on any atom is 0.260 e. The average Bonchev–Trinajstić information content (AvgIpc) is 3.87. The van der Waals surface area contributed by atoms with Crippen molar-refractivity contribution in [2.75, 3.05) is 53.1 Å². The minimum Gasteiger partial charge on any atom is -0.493 e. The number of para-hydroxylation sites is 2. The number of fused-ring (bicyclic) bond motifs is 8. The fourth-order valence-corrected chi connectivity index (χ4v) is 9.58. The monoisotopic (exact) mass is 983 g/mol. The molecule has 0 bridgehead atoms. The minimum absolute atomic E-state index is 0.00873. The van der Waals surface area contributed by atoms with Crippen LogP contribution in [0.3, 0.4) is 0 Å². The second-order valence-corrected chi connectivity index (χ2v) is 20.0. The summed E-state index contributed by atoms with van der Waals surface area (Å²) in [6.45, 7) is 5.50. The predicted molar refractivity (Wildman–Crippen MR) is 272 cm³/mol. The number of amides is 5. The van der Waals surface area contributed by atoms with E-state index >= 15 is 0 Å². The highest BCUT2D eigenvalue weighted by Crippen LogP contribution is 2.43. The number of carbonyl (C=O) groups excluding carboxylic acids is 5. The summed E-state index contributed by atoms with van der Waals surface area (Å²) >= 11 is 4.45. The Hall–Kier alpha value is -7.44. The van der Waals surface area contributed by atoms with Gasteiger partial charge in [0, 0.05) is 46.9 Å². The van der Waals surface area contributed by atoms with Crippen LogP contribution in [0.1, 0.15) is 76.6 Å². The number of methoxy groups -OCH3 is 2. The molecule has 4 heterocycles. The van der Waals surface area contributed by atoms with Gasteiger partial charge in [0.1, 0.15) is 25.5 Å². The van der Waals surface area contributed by atoms with E-state index in [9.17, 15) is 29.1 Å². The van der Waals surface area contributed by atoms with Crippen LogP contribution < -0.4 is 55.3 Å². The van der Waals surface area contributed by atoms with Crippen LogP contribution >= 0.6 is 12.6 Å². The molecule has 0 fully saturated rings. The molecular weight excluding hydrogens is 927 g/mol. The number of aliphatic hydroxyl groups excluding tert-OH is 1. The van der Waals surface area contributed by atoms with Crippen molar-refractivity contribution in [3.8, 4) is 23.0 Å². The predicted octanol–water partition coefficient (Wildman–Crippen LogP) is 6.22. The van der Waals surface area contributed by atoms with Crippen LogP contribution in [0, 0.1) is 0 Å². The Morgan fingerprint density at radius 3 is 1.99 bits per heavy atom. The first-order chi connectivity index (χ1) is 34.1. The first-order valence-corrected chi connectivity index (χ1v) is 24.0. The second-order valence-electron chi connectivity index (χ2n) is 18.8. The van der Waals surface area contributed by atoms with E-state index in [1.54, 1.807) is 41.3 Å². The van der Waals surface area contributed by atoms with Gasteiger partial charge in [0.05, 0.1) is 55.3 Å². The van der Waals surface area contributed by atoms with Crippen molar-refractivity contribution < 1.29 is 48.0 Å². The van der Waals surface area contributed by atoms with Gasteiger partial charge >= 0.3 is 0 Å². The lowest BCUT2D eigenvalue weighted by Crippen LogP contribution is -2.46. The molecule has 3 unspecified atom stereocenters. The molecule has 71 heavy (non-hydrogen) atoms. The zero-order chi connectivity index (χ0) is 50.1. The quantitative estimate of drug-likeness (QED) is 0.0550. The SMILES string of the molecule is COc1cc2c(cc1OCc1cc(COc3cc4c(cc3OC)C(=O)N3c5ccccc5CC3[C@@H](O)N4)cc(NC(=O)C(C)NC(=O)CNC(=O)CCC(C)(C)S)c1)NCC1Cc3ccccc3N1C2=O. The molecule has 5 amide bonds. The van der Waals surface area contributed by atoms with Crippen molar-refractivity contribution in [2.24, 2.45) is 0 Å². The molecule has 4 atom stereocenters. The Morgan fingerprint density at radius 1 is 0.775 bits per heavy atom. The molecule has 0 saturated heterocycles. The van der Waals surface area contributed by atoms with E-state index in [1.807, 2.05) is 73.3 Å². The third-order valence-corrected chi connectivity index (χ3v) is 13.3. The summed E-state index contributed by atoms with van der Waals surface area (Å²) < 4.78 is 24.0. The number of hydrogen-bond acceptors (Lipinski definition) is 13. The number of aliphatic hydroxyl groups is 1. The van der Waals surface area contributed by atoms with E-state index in [0.29, 0.717) is 70.2 Å². The van der Waals surface area contributed by atoms with Crippen LogP contribution in [0.25, 0.3) is 0 Å². The van der Waals surface area contributed by atoms with Crippen molar-refractivity contribution in [3.63, 3.8) is 0 Å². The zero-order valence-corrected chi connectivity index (χ0v) is 41.0. The van der Waals surface area contributed by atoms with Gasteiger partial charge in [0.2, 0.25) is 17.7 Å². The van der Waals surface area contributed by atoms with Crippen LogP contribution in [-0.4, -0.2) is 91.1 Å². The normalized spacial score (nSPS) is 17.8. The maximum atomic E-state index is 14.1. The van der Waals surface area contributed by atoms with E-state index < -0.39 is 30.1 Å². The summed E-state index contributed by atoms with van der Waals surface area (Å²) in [6, 6.07) is 25.9. The van der Waals surface area contributed by atoms with Crippen molar-refractivity contribution in [1.29, 1.82) is 0 Å². The molecule has 5 aromatic rings. The lowest BCUT2D eigenvalue weighted by atomic mass is 10.1. The number of thiol groups is 1. The van der Waals surface area contributed by atoms with Gasteiger partial charge in [-0.1, -0.05) is 50.2 Å². The van der Waals surface area contributed by atoms with Crippen LogP contribution in [0.4, 0.5) is 28.4 Å². The van der Waals surface area contributed by atoms with E-state index in [2.05, 4.69) is 39.2 Å². The first kappa shape index (κ1) is 48.6. The molecule has 0 spiro atoms. The minimum atomic E-state index is -1.08. The van der Waals surface area contributed by atoms with Gasteiger partial charge in [-0.2, -0.15) is 12.6 Å². The summed E-state index contributed by atoms with van der Waals surface area (Å²) in [5.41, 5.74) is 7.04. The van der Waals surface area contributed by atoms with Gasteiger partial charge < -0.3 is 60.4 Å². The highest BCUT2D eigenvalue weighted by Gasteiger charge is 2.42. The van der Waals surface area contributed by atoms with Gasteiger partial charge in [-0.3, -0.25) is 24.0 Å². The van der Waals surface area contributed by atoms with Gasteiger partial charge in [0.15, 0.2) is 23.0 Å². The average molecular weight is 984 g/mol. The van der Waals surface area contributed by atoms with Crippen LogP contribution in [0.2, 0.25) is 0 Å². The summed E-state index contributed by atoms with van der Waals surface area (Å²) in [6.07, 6.45) is 0.848. The highest BCUT2D eigenvalue weighted by atomic mass is 32.1. The Morgan fingerprint density at radius 2 is 1.35 bits per heavy atom. The largest absolute Gasteiger partial charge is 0.493 e. The third-order valence-electron chi connectivity index (χ3n) is 13.1. The molecule has 0 saturated carbocycles. The molecular formula is C53H57N7O10S. The summed E-state index contributed by atoms with van der Waals surface area (Å²) in [7, 11) is 2.98. The van der Waals surface area contributed by atoms with Crippen LogP contribution in [0.5, 0.6) is 23.0 Å². The standard InChI is InChI=1S/C53H57N7O10S/c1-29(56-48(62)26-55-47(61)14-15-53(2,3)71)49(63)57-34-17-30(27-69-45-23-38-36(21-43(45)67-4)51(65)59-35(25-54-38)19-32-10-6-8-12-40(32)59)16-31(18-34)28-70-46-24-39-37(22-44(46)68-5)52(66)60-41-13-9-7-11-33(41)20-42(60)50(64)58-39/h6-13,16-18,21-24,29,35,42,50,54,58,64,71H,14-15,19-20,25-28H2,1-5H3,(H,55,61)(H,56,62)(H,57,63)/t29?,35?,42?,50-/m1/s1. The molecule has 0 aromatic heterocycles. The number of nitrogens with zero attached hydrogens (tertiary/aromatic N) is 2. The van der Waals surface area contributed by atoms with Gasteiger partial charge in [0.25, 0.3) is 11.8 Å². The zero-order valence-electron chi connectivity index (χ0n) is 40.1. The molecule has 6 N–H and O–H groups in total. The topological polar surface area (TPSA) is 209 Å². The smallest absolute Gasteiger partial charge is 0.260 e. The van der Waals surface area contributed by atoms with Gasteiger partial charge in [-0.15, -0.1) is 0 Å². The number of rotatable bonds is 16. The summed E-state index contributed by atoms with van der Waals surface area (Å²) in [5.74, 6) is -0.507. The molecule has 5 aromatic carbocycles. The molecule has 4 aliphatic rings. The number of benzene rings is 5. The fourth-order valence-electron chi connectivity index (χ4n) is 9.47. The Bertz CT molecular complexity index is 2920. The third kappa shape index (κ3) is 10.4. The summed E-state index contributed by atoms with van der Waals surface area (Å²) in [4.78, 5) is 70.4. The first-order valence-electron chi connectivity index (χ1n) is 23.5. The highest BCUT2D eigenvalue weighted by molar-refractivity contribution is 7.81. The molecule has 0 radical (unpaired) electrons. The lowest BCUT2D eigenvalue weighted by Gasteiger charge is -2.26. The van der Waals surface area contributed by atoms with Crippen molar-refractivity contribution >= 4 is 70.6 Å². The number of anilines is 5. The van der Waals surface area contributed by atoms with Crippen LogP contribution in [-0.2, 0) is 40.4 Å². The number of carbonyl (C=O) groups is 5. The lowest BCUT2D eigenvalue weighted by molar-refractivity contribution is -0.128. The molecule has 9 rings (SSSR count). The van der Waals surface area contributed by atoms with Crippen molar-refractivity contribution in [3.05, 3.63) is 124 Å². The van der Waals surface area contributed by atoms with Gasteiger partial charge in [-0.05, 0) is 90.9 Å². The van der Waals surface area contributed by atoms with Gasteiger partial charge in [-0.25, -0.2) is 0 Å². The number of ether oxygens (including phenoxy) is 4. The fraction of sp³-hybridized carbons (Fsp3) is 0.340. The maximum absolute atomic E-state index is 14.1. The summed E-state index contributed by atoms with van der Waals surface area (Å²) in [5, 5.41) is 26.1. The molecule has 370 valence electrons. The van der Waals surface area contributed by atoms with E-state index in [0.717, 1.165) is 28.9 Å². The number of hydrogen-bond donors (Lipinski definition) is 7.